The van der Waals surface area contributed by atoms with Gasteiger partial charge in [0.15, 0.2) is 0 Å². The molecule has 0 amide bonds. The van der Waals surface area contributed by atoms with Crippen molar-refractivity contribution in [3.05, 3.63) is 130 Å². The zero-order chi connectivity index (χ0) is 23.7. The van der Waals surface area contributed by atoms with Gasteiger partial charge in [-0.2, -0.15) is 0 Å². The van der Waals surface area contributed by atoms with Crippen LogP contribution in [0.5, 0.6) is 0 Å². The summed E-state index contributed by atoms with van der Waals surface area (Å²) >= 11 is 1.40. The van der Waals surface area contributed by atoms with Crippen molar-refractivity contribution in [3.8, 4) is 0 Å². The molecular formula is C31H36OS. The molecule has 2 heteroatoms. The van der Waals surface area contributed by atoms with Crippen molar-refractivity contribution >= 4 is 12.0 Å². The van der Waals surface area contributed by atoms with E-state index < -0.39 is 0 Å². The monoisotopic (exact) mass is 456 g/mol. The second kappa shape index (κ2) is 12.1. The van der Waals surface area contributed by atoms with Crippen LogP contribution in [0.4, 0.5) is 0 Å². The van der Waals surface area contributed by atoms with E-state index in [-0.39, 0.29) is 5.41 Å². The smallest absolute Gasteiger partial charge is 0.0508 e. The molecule has 172 valence electrons. The Balaban J connectivity index is 2.32. The molecule has 1 nitrogen and oxygen atoms in total. The first kappa shape index (κ1) is 25.1. The molecule has 0 spiro atoms. The lowest BCUT2D eigenvalue weighted by Gasteiger charge is -2.38. The Morgan fingerprint density at radius 3 is 2.52 bits per heavy atom. The molecule has 1 aliphatic rings. The second-order valence-electron chi connectivity index (χ2n) is 8.98. The first-order chi connectivity index (χ1) is 16.0. The summed E-state index contributed by atoms with van der Waals surface area (Å²) in [5.41, 5.74) is 6.26. The minimum absolute atomic E-state index is 0.334. The van der Waals surface area contributed by atoms with Crippen molar-refractivity contribution in [2.75, 3.05) is 7.11 Å². The quantitative estimate of drug-likeness (QED) is 0.291. The summed E-state index contributed by atoms with van der Waals surface area (Å²) in [6.45, 7) is 10.7. The molecule has 0 saturated carbocycles. The van der Waals surface area contributed by atoms with Gasteiger partial charge in [-0.3, -0.25) is 0 Å². The van der Waals surface area contributed by atoms with Gasteiger partial charge in [0.25, 0.3) is 0 Å². The first-order valence-corrected chi connectivity index (χ1v) is 12.5. The highest BCUT2D eigenvalue weighted by atomic mass is 32.2. The molecule has 0 heterocycles. The molecule has 0 fully saturated rings. The van der Waals surface area contributed by atoms with Crippen LogP contribution < -0.4 is 0 Å². The average molecular weight is 457 g/mol. The van der Waals surface area contributed by atoms with Crippen LogP contribution in [0.1, 0.15) is 49.4 Å². The zero-order valence-electron chi connectivity index (χ0n) is 20.4. The number of hydrogen-bond acceptors (Lipinski definition) is 2. The Kier molecular flexibility index (Phi) is 9.17. The van der Waals surface area contributed by atoms with Crippen LogP contribution in [0.2, 0.25) is 0 Å². The highest BCUT2D eigenvalue weighted by Gasteiger charge is 2.38. The van der Waals surface area contributed by atoms with E-state index in [1.807, 2.05) is 6.08 Å². The van der Waals surface area contributed by atoms with Crippen molar-refractivity contribution < 1.29 is 4.18 Å². The molecule has 0 saturated heterocycles. The van der Waals surface area contributed by atoms with E-state index in [9.17, 15) is 0 Å². The first-order valence-electron chi connectivity index (χ1n) is 11.7. The third-order valence-electron chi connectivity index (χ3n) is 6.08. The van der Waals surface area contributed by atoms with Gasteiger partial charge in [0.2, 0.25) is 0 Å². The minimum Gasteiger partial charge on any atom is -0.314 e. The van der Waals surface area contributed by atoms with Crippen molar-refractivity contribution in [1.82, 2.24) is 0 Å². The lowest BCUT2D eigenvalue weighted by molar-refractivity contribution is 0.493. The fourth-order valence-corrected chi connectivity index (χ4v) is 5.18. The van der Waals surface area contributed by atoms with E-state index in [4.69, 9.17) is 4.18 Å². The lowest BCUT2D eigenvalue weighted by atomic mass is 9.65. The standard InChI is InChI=1S/C31H36OS/c1-6-13-29(23-25(4)33-32-5)31(28-19-17-26(18-20-28)22-24(2)3)21-12-8-7-9-14-27-15-10-11-16-30(27)31/h6-13,15-20,23-24H,1,14,21-22H2,2-5H3/b9-7-,12-8-,25-23+,29-13+. The molecule has 1 aliphatic carbocycles. The fraction of sp³-hybridized carbons (Fsp3) is 0.290. The van der Waals surface area contributed by atoms with Crippen molar-refractivity contribution in [2.24, 2.45) is 5.92 Å². The normalized spacial score (nSPS) is 21.0. The van der Waals surface area contributed by atoms with Crippen molar-refractivity contribution in [2.45, 2.75) is 45.4 Å². The van der Waals surface area contributed by atoms with Gasteiger partial charge in [0, 0.05) is 22.4 Å². The summed E-state index contributed by atoms with van der Waals surface area (Å²) in [6.07, 6.45) is 18.1. The third-order valence-corrected chi connectivity index (χ3v) is 6.62. The van der Waals surface area contributed by atoms with E-state index in [0.717, 1.165) is 24.2 Å². The largest absolute Gasteiger partial charge is 0.314 e. The number of fused-ring (bicyclic) bond motifs is 1. The summed E-state index contributed by atoms with van der Waals surface area (Å²) in [5.74, 6) is 0.636. The van der Waals surface area contributed by atoms with Gasteiger partial charge in [-0.25, -0.2) is 0 Å². The summed E-state index contributed by atoms with van der Waals surface area (Å²) in [5, 5.41) is 0. The second-order valence-corrected chi connectivity index (χ2v) is 10.1. The fourth-order valence-electron chi connectivity index (χ4n) is 4.75. The maximum Gasteiger partial charge on any atom is 0.0508 e. The molecule has 1 unspecified atom stereocenters. The summed E-state index contributed by atoms with van der Waals surface area (Å²) < 4.78 is 5.37. The lowest BCUT2D eigenvalue weighted by Crippen LogP contribution is -2.31. The average Bonchev–Trinajstić information content (AvgIpc) is 2.88. The van der Waals surface area contributed by atoms with E-state index in [1.165, 1.54) is 39.9 Å². The number of rotatable bonds is 8. The van der Waals surface area contributed by atoms with Gasteiger partial charge in [-0.1, -0.05) is 105 Å². The summed E-state index contributed by atoms with van der Waals surface area (Å²) in [4.78, 5) is 1.11. The van der Waals surface area contributed by atoms with Gasteiger partial charge < -0.3 is 4.18 Å². The van der Waals surface area contributed by atoms with Crippen LogP contribution >= 0.6 is 12.0 Å². The SMILES string of the molecule is C=C/C=C(\C=C(/C)SOC)C1(c2ccc(CC(C)C)cc2)C/C=C\C=C/Cc2ccccc21. The van der Waals surface area contributed by atoms with Crippen LogP contribution in [0.25, 0.3) is 0 Å². The van der Waals surface area contributed by atoms with Gasteiger partial charge >= 0.3 is 0 Å². The molecule has 0 bridgehead atoms. The molecule has 3 rings (SSSR count). The Morgan fingerprint density at radius 2 is 1.82 bits per heavy atom. The predicted octanol–water partition coefficient (Wildman–Crippen LogP) is 8.54. The molecule has 0 radical (unpaired) electrons. The summed E-state index contributed by atoms with van der Waals surface area (Å²) in [7, 11) is 1.71. The van der Waals surface area contributed by atoms with E-state index in [1.54, 1.807) is 7.11 Å². The van der Waals surface area contributed by atoms with Crippen molar-refractivity contribution in [3.63, 3.8) is 0 Å². The topological polar surface area (TPSA) is 9.23 Å². The Labute approximate surface area is 204 Å². The van der Waals surface area contributed by atoms with Gasteiger partial charge in [0.05, 0.1) is 7.11 Å². The van der Waals surface area contributed by atoms with Gasteiger partial charge in [0.1, 0.15) is 0 Å². The van der Waals surface area contributed by atoms with E-state index in [2.05, 4.69) is 112 Å². The number of benzene rings is 2. The Bertz CT molecular complexity index is 1050. The van der Waals surface area contributed by atoms with Crippen LogP contribution in [-0.2, 0) is 22.4 Å². The summed E-state index contributed by atoms with van der Waals surface area (Å²) in [6, 6.07) is 18.1. The van der Waals surface area contributed by atoms with Crippen LogP contribution in [0.3, 0.4) is 0 Å². The molecule has 33 heavy (non-hydrogen) atoms. The van der Waals surface area contributed by atoms with E-state index in [0.29, 0.717) is 5.92 Å². The van der Waals surface area contributed by atoms with Crippen molar-refractivity contribution in [1.29, 1.82) is 0 Å². The van der Waals surface area contributed by atoms with Gasteiger partial charge in [-0.05, 0) is 66.0 Å². The highest BCUT2D eigenvalue weighted by Crippen LogP contribution is 2.46. The van der Waals surface area contributed by atoms with Crippen LogP contribution in [0.15, 0.2) is 108 Å². The predicted molar refractivity (Wildman–Crippen MR) is 145 cm³/mol. The van der Waals surface area contributed by atoms with E-state index >= 15 is 0 Å². The number of allylic oxidation sites excluding steroid dienone is 9. The Morgan fingerprint density at radius 1 is 1.09 bits per heavy atom. The molecule has 2 aromatic rings. The molecule has 1 atom stereocenters. The maximum absolute atomic E-state index is 5.37. The molecule has 0 N–H and O–H groups in total. The molecule has 0 aliphatic heterocycles. The Hall–Kier alpha value is -2.55. The highest BCUT2D eigenvalue weighted by molar-refractivity contribution is 7.98. The maximum atomic E-state index is 5.37. The molecule has 0 aromatic heterocycles. The molecule has 2 aromatic carbocycles. The minimum atomic E-state index is -0.334. The third kappa shape index (κ3) is 6.07. The molecular weight excluding hydrogens is 420 g/mol. The zero-order valence-corrected chi connectivity index (χ0v) is 21.2. The van der Waals surface area contributed by atoms with Gasteiger partial charge in [-0.15, -0.1) is 0 Å². The van der Waals surface area contributed by atoms with Crippen LogP contribution in [0, 0.1) is 5.92 Å². The number of hydrogen-bond donors (Lipinski definition) is 0. The van der Waals surface area contributed by atoms with Crippen LogP contribution in [-0.4, -0.2) is 7.11 Å².